The van der Waals surface area contributed by atoms with Crippen LogP contribution in [-0.2, 0) is 25.6 Å². The number of benzene rings is 1. The number of H-pyrrole nitrogens is 1. The number of carboxylic acids is 1. The Bertz CT molecular complexity index is 997. The summed E-state index contributed by atoms with van der Waals surface area (Å²) < 4.78 is 0. The summed E-state index contributed by atoms with van der Waals surface area (Å²) in [5.74, 6) is -3.13. The predicted octanol–water partition coefficient (Wildman–Crippen LogP) is -0.733. The van der Waals surface area contributed by atoms with Gasteiger partial charge in [0.15, 0.2) is 0 Å². The number of unbranched alkanes of at least 4 members (excludes halogenated alkanes) is 1. The van der Waals surface area contributed by atoms with E-state index in [9.17, 15) is 24.3 Å². The maximum atomic E-state index is 12.9. The van der Waals surface area contributed by atoms with Crippen molar-refractivity contribution >= 4 is 47.2 Å². The van der Waals surface area contributed by atoms with Crippen molar-refractivity contribution in [3.05, 3.63) is 36.0 Å². The van der Waals surface area contributed by atoms with Gasteiger partial charge in [-0.1, -0.05) is 24.6 Å². The first-order chi connectivity index (χ1) is 16.3. The molecular formula is C22H32N6O5S. The fourth-order valence-electron chi connectivity index (χ4n) is 3.37. The summed E-state index contributed by atoms with van der Waals surface area (Å²) in [7, 11) is 0. The molecule has 0 aliphatic carbocycles. The number of nitrogens with one attached hydrogen (secondary N) is 4. The molecule has 0 spiro atoms. The van der Waals surface area contributed by atoms with Crippen molar-refractivity contribution in [3.63, 3.8) is 0 Å². The van der Waals surface area contributed by atoms with Crippen LogP contribution in [0.15, 0.2) is 30.5 Å². The molecule has 11 nitrogen and oxygen atoms in total. The largest absolute Gasteiger partial charge is 0.480 e. The lowest BCUT2D eigenvalue weighted by Gasteiger charge is -2.21. The van der Waals surface area contributed by atoms with Crippen LogP contribution < -0.4 is 27.4 Å². The molecular weight excluding hydrogens is 460 g/mol. The number of nitrogens with two attached hydrogens (primary N) is 2. The van der Waals surface area contributed by atoms with E-state index in [-0.39, 0.29) is 18.7 Å². The van der Waals surface area contributed by atoms with Gasteiger partial charge >= 0.3 is 5.97 Å². The van der Waals surface area contributed by atoms with Gasteiger partial charge in [0.1, 0.15) is 12.1 Å². The van der Waals surface area contributed by atoms with Crippen LogP contribution in [0, 0.1) is 0 Å². The number of hydrogen-bond acceptors (Lipinski definition) is 7. The highest BCUT2D eigenvalue weighted by Crippen LogP contribution is 2.19. The van der Waals surface area contributed by atoms with E-state index < -0.39 is 41.8 Å². The van der Waals surface area contributed by atoms with E-state index in [0.29, 0.717) is 19.4 Å². The lowest BCUT2D eigenvalue weighted by atomic mass is 10.0. The molecule has 0 fully saturated rings. The Morgan fingerprint density at radius 3 is 2.47 bits per heavy atom. The molecule has 1 heterocycles. The van der Waals surface area contributed by atoms with Crippen LogP contribution in [0.2, 0.25) is 0 Å². The Morgan fingerprint density at radius 1 is 1.06 bits per heavy atom. The Hall–Kier alpha value is -3.09. The van der Waals surface area contributed by atoms with Gasteiger partial charge in [-0.15, -0.1) is 0 Å². The predicted molar refractivity (Wildman–Crippen MR) is 131 cm³/mol. The molecule has 0 saturated heterocycles. The molecule has 1 aromatic heterocycles. The minimum Gasteiger partial charge on any atom is -0.480 e. The summed E-state index contributed by atoms with van der Waals surface area (Å²) >= 11 is 3.96. The SMILES string of the molecule is NCCCCC(N)C(=O)NCC(=O)NC(Cc1c[nH]c2ccccc12)C(=O)NC(CS)C(=O)O. The number of aliphatic carboxylic acids is 1. The smallest absolute Gasteiger partial charge is 0.327 e. The Labute approximate surface area is 202 Å². The molecule has 34 heavy (non-hydrogen) atoms. The molecule has 0 aliphatic heterocycles. The van der Waals surface area contributed by atoms with Crippen molar-refractivity contribution in [3.8, 4) is 0 Å². The van der Waals surface area contributed by atoms with Gasteiger partial charge in [-0.25, -0.2) is 4.79 Å². The maximum absolute atomic E-state index is 12.9. The Kier molecular flexibility index (Phi) is 10.8. The molecule has 0 bridgehead atoms. The van der Waals surface area contributed by atoms with E-state index in [4.69, 9.17) is 11.5 Å². The minimum absolute atomic E-state index is 0.104. The third-order valence-corrected chi connectivity index (χ3v) is 5.64. The van der Waals surface area contributed by atoms with Crippen LogP contribution in [0.3, 0.4) is 0 Å². The fraction of sp³-hybridized carbons (Fsp3) is 0.455. The van der Waals surface area contributed by atoms with E-state index in [1.54, 1.807) is 6.20 Å². The number of carbonyl (C=O) groups excluding carboxylic acids is 3. The van der Waals surface area contributed by atoms with Gasteiger partial charge in [-0.05, 0) is 31.0 Å². The van der Waals surface area contributed by atoms with E-state index in [0.717, 1.165) is 22.9 Å². The molecule has 1 aromatic carbocycles. The van der Waals surface area contributed by atoms with Crippen molar-refractivity contribution in [1.82, 2.24) is 20.9 Å². The van der Waals surface area contributed by atoms with Gasteiger partial charge in [0.2, 0.25) is 17.7 Å². The molecule has 2 rings (SSSR count). The molecule has 0 aliphatic rings. The number of hydrogen-bond donors (Lipinski definition) is 8. The van der Waals surface area contributed by atoms with Crippen molar-refractivity contribution < 1.29 is 24.3 Å². The molecule has 0 radical (unpaired) electrons. The number of para-hydroxylation sites is 1. The number of aromatic nitrogens is 1. The normalized spacial score (nSPS) is 13.6. The van der Waals surface area contributed by atoms with E-state index >= 15 is 0 Å². The molecule has 3 amide bonds. The van der Waals surface area contributed by atoms with Crippen molar-refractivity contribution in [2.45, 2.75) is 43.8 Å². The van der Waals surface area contributed by atoms with E-state index in [1.165, 1.54) is 0 Å². The van der Waals surface area contributed by atoms with Crippen LogP contribution in [0.1, 0.15) is 24.8 Å². The number of amides is 3. The molecule has 2 aromatic rings. The second-order valence-corrected chi connectivity index (χ2v) is 8.24. The summed E-state index contributed by atoms with van der Waals surface area (Å²) in [6, 6.07) is 4.39. The molecule has 3 unspecified atom stereocenters. The number of fused-ring (bicyclic) bond motifs is 1. The zero-order chi connectivity index (χ0) is 25.1. The topological polar surface area (TPSA) is 192 Å². The number of aromatic amines is 1. The third kappa shape index (κ3) is 8.04. The van der Waals surface area contributed by atoms with Gasteiger partial charge in [0.25, 0.3) is 0 Å². The first kappa shape index (κ1) is 27.2. The standard InChI is InChI=1S/C22H32N6O5S/c23-8-4-3-6-15(24)20(30)26-11-19(29)27-17(21(31)28-18(12-34)22(32)33)9-13-10-25-16-7-2-1-5-14(13)16/h1-2,5,7,10,15,17-18,25,34H,3-4,6,8-9,11-12,23-24H2,(H,26,30)(H,27,29)(H,28,31)(H,32,33). The second kappa shape index (κ2) is 13.6. The molecule has 9 N–H and O–H groups in total. The van der Waals surface area contributed by atoms with Crippen LogP contribution in [0.4, 0.5) is 0 Å². The van der Waals surface area contributed by atoms with E-state index in [1.807, 2.05) is 24.3 Å². The van der Waals surface area contributed by atoms with Gasteiger partial charge in [-0.2, -0.15) is 12.6 Å². The fourth-order valence-corrected chi connectivity index (χ4v) is 3.62. The quantitative estimate of drug-likeness (QED) is 0.126. The highest BCUT2D eigenvalue weighted by atomic mass is 32.1. The van der Waals surface area contributed by atoms with Gasteiger partial charge < -0.3 is 37.5 Å². The molecule has 0 saturated carbocycles. The maximum Gasteiger partial charge on any atom is 0.327 e. The first-order valence-electron chi connectivity index (χ1n) is 11.0. The second-order valence-electron chi connectivity index (χ2n) is 7.87. The van der Waals surface area contributed by atoms with Crippen LogP contribution >= 0.6 is 12.6 Å². The molecule has 12 heteroatoms. The van der Waals surface area contributed by atoms with Gasteiger partial charge in [0, 0.05) is 29.3 Å². The van der Waals surface area contributed by atoms with Crippen LogP contribution in [0.5, 0.6) is 0 Å². The summed E-state index contributed by atoms with van der Waals surface area (Å²) in [4.78, 5) is 51.9. The zero-order valence-electron chi connectivity index (χ0n) is 18.8. The average molecular weight is 493 g/mol. The number of carboxylic acid groups (broad SMARTS) is 1. The van der Waals surface area contributed by atoms with Crippen molar-refractivity contribution in [2.24, 2.45) is 11.5 Å². The van der Waals surface area contributed by atoms with Crippen LogP contribution in [-0.4, -0.2) is 70.7 Å². The lowest BCUT2D eigenvalue weighted by Crippen LogP contribution is -2.54. The Balaban J connectivity index is 2.06. The van der Waals surface area contributed by atoms with E-state index in [2.05, 4.69) is 33.6 Å². The number of carbonyl (C=O) groups is 4. The summed E-state index contributed by atoms with van der Waals surface area (Å²) in [6.45, 7) is 0.128. The number of rotatable bonds is 14. The highest BCUT2D eigenvalue weighted by molar-refractivity contribution is 7.80. The van der Waals surface area contributed by atoms with Gasteiger partial charge in [0.05, 0.1) is 12.6 Å². The summed E-state index contributed by atoms with van der Waals surface area (Å²) in [6.07, 6.45) is 3.71. The summed E-state index contributed by atoms with van der Waals surface area (Å²) in [5.41, 5.74) is 12.9. The highest BCUT2D eigenvalue weighted by Gasteiger charge is 2.27. The lowest BCUT2D eigenvalue weighted by molar-refractivity contribution is -0.141. The minimum atomic E-state index is -1.24. The average Bonchev–Trinajstić information content (AvgIpc) is 3.23. The monoisotopic (exact) mass is 492 g/mol. The van der Waals surface area contributed by atoms with Crippen molar-refractivity contribution in [2.75, 3.05) is 18.8 Å². The molecule has 3 atom stereocenters. The third-order valence-electron chi connectivity index (χ3n) is 5.28. The van der Waals surface area contributed by atoms with Crippen LogP contribution in [0.25, 0.3) is 10.9 Å². The zero-order valence-corrected chi connectivity index (χ0v) is 19.6. The Morgan fingerprint density at radius 2 is 1.79 bits per heavy atom. The van der Waals surface area contributed by atoms with Gasteiger partial charge in [-0.3, -0.25) is 14.4 Å². The number of thiol groups is 1. The molecule has 186 valence electrons. The van der Waals surface area contributed by atoms with Crippen molar-refractivity contribution in [1.29, 1.82) is 0 Å². The first-order valence-corrected chi connectivity index (χ1v) is 11.6. The summed E-state index contributed by atoms with van der Waals surface area (Å²) in [5, 5.41) is 17.5.